The number of thioether (sulfide) groups is 1. The van der Waals surface area contributed by atoms with Crippen molar-refractivity contribution in [1.29, 1.82) is 0 Å². The number of aliphatic hydroxyl groups excluding tert-OH is 1. The molecule has 12 nitrogen and oxygen atoms in total. The van der Waals surface area contributed by atoms with Gasteiger partial charge in [0.25, 0.3) is 17.9 Å². The molecule has 4 atom stereocenters. The van der Waals surface area contributed by atoms with Crippen molar-refractivity contribution in [2.24, 2.45) is 17.6 Å². The molecule has 0 aliphatic carbocycles. The Morgan fingerprint density at radius 2 is 2.03 bits per heavy atom. The number of β-lactam (4-membered cyclic amide) rings is 1. The van der Waals surface area contributed by atoms with Crippen molar-refractivity contribution in [2.45, 2.75) is 44.2 Å². The Labute approximate surface area is 230 Å². The van der Waals surface area contributed by atoms with Gasteiger partial charge in [0, 0.05) is 23.6 Å². The van der Waals surface area contributed by atoms with Crippen LogP contribution in [0.4, 0.5) is 5.69 Å². The molecule has 14 heteroatoms. The molecule has 4 heterocycles. The predicted molar refractivity (Wildman–Crippen MR) is 141 cm³/mol. The number of carbonyl (C=O) groups excluding carboxylic acids is 3. The van der Waals surface area contributed by atoms with E-state index in [-0.39, 0.29) is 36.4 Å². The first-order valence-corrected chi connectivity index (χ1v) is 14.1. The van der Waals surface area contributed by atoms with Crippen LogP contribution in [0, 0.1) is 22.0 Å². The van der Waals surface area contributed by atoms with Gasteiger partial charge in [0.05, 0.1) is 27.9 Å². The van der Waals surface area contributed by atoms with Gasteiger partial charge in [-0.05, 0) is 30.9 Å². The Morgan fingerprint density at radius 3 is 2.62 bits per heavy atom. The van der Waals surface area contributed by atoms with Crippen LogP contribution in [0.15, 0.2) is 47.5 Å². The van der Waals surface area contributed by atoms with Crippen LogP contribution in [-0.2, 0) is 32.3 Å². The van der Waals surface area contributed by atoms with Gasteiger partial charge < -0.3 is 20.5 Å². The van der Waals surface area contributed by atoms with Gasteiger partial charge in [-0.3, -0.25) is 19.7 Å². The minimum Gasteiger partial charge on any atom is -0.456 e. The highest BCUT2D eigenvalue weighted by Crippen LogP contribution is 2.52. The van der Waals surface area contributed by atoms with Crippen molar-refractivity contribution in [1.82, 2.24) is 9.30 Å². The van der Waals surface area contributed by atoms with E-state index in [0.717, 1.165) is 14.7 Å². The number of nitro benzene ring substituents is 1. The van der Waals surface area contributed by atoms with Gasteiger partial charge in [-0.15, -0.1) is 0 Å². The van der Waals surface area contributed by atoms with Crippen LogP contribution >= 0.6 is 23.1 Å². The SMILES string of the molecule is CSc1c2sc(C3=C(C(=O)OCc4ccc([N+](=O)[O-])cc4)N4C(=O)[C@H]([C@@H](C)O)[C@H]4[C@H]3C)cn2c[n+]1CC(N)=O. The molecule has 0 bridgehead atoms. The number of nitrogens with two attached hydrogens (primary N) is 1. The summed E-state index contributed by atoms with van der Waals surface area (Å²) >= 11 is 2.88. The molecule has 204 valence electrons. The second-order valence-corrected chi connectivity index (χ2v) is 11.4. The van der Waals surface area contributed by atoms with E-state index in [1.807, 2.05) is 23.8 Å². The number of primary amides is 1. The summed E-state index contributed by atoms with van der Waals surface area (Å²) in [6.45, 7) is 3.38. The molecule has 1 fully saturated rings. The standard InChI is InChI=1S/C25H25N5O7S2/c1-12-18(16-8-27-11-28(9-17(26)32)23(38-3)24(27)39-16)21(29-20(12)19(13(2)31)22(29)33)25(34)37-10-14-4-6-15(7-5-14)30(35)36/h4-8,11-13,19-20,31H,9-10H2,1-3H3,(H-,26,32)/p+1/t12-,13+,19+,20+/m0/s1. The number of non-ortho nitro benzene ring substituents is 1. The Hall–Kier alpha value is -3.75. The summed E-state index contributed by atoms with van der Waals surface area (Å²) in [5, 5.41) is 22.0. The Balaban J connectivity index is 1.52. The third-order valence-corrected chi connectivity index (χ3v) is 9.16. The second kappa shape index (κ2) is 10.1. The third kappa shape index (κ3) is 4.47. The molecule has 0 radical (unpaired) electrons. The van der Waals surface area contributed by atoms with Crippen LogP contribution in [0.3, 0.4) is 0 Å². The highest BCUT2D eigenvalue weighted by Gasteiger charge is 2.60. The lowest BCUT2D eigenvalue weighted by Crippen LogP contribution is -2.63. The maximum absolute atomic E-state index is 13.5. The Kier molecular flexibility index (Phi) is 6.95. The van der Waals surface area contributed by atoms with Gasteiger partial charge in [-0.2, -0.15) is 4.40 Å². The molecule has 1 aromatic carbocycles. The molecule has 2 amide bonds. The first-order valence-electron chi connectivity index (χ1n) is 12.1. The predicted octanol–water partition coefficient (Wildman–Crippen LogP) is 1.72. The van der Waals surface area contributed by atoms with E-state index in [2.05, 4.69) is 0 Å². The van der Waals surface area contributed by atoms with Gasteiger partial charge in [-0.25, -0.2) is 9.36 Å². The Morgan fingerprint density at radius 1 is 1.33 bits per heavy atom. The number of benzene rings is 1. The van der Waals surface area contributed by atoms with E-state index in [4.69, 9.17) is 10.5 Å². The molecule has 39 heavy (non-hydrogen) atoms. The van der Waals surface area contributed by atoms with Gasteiger partial charge in [-0.1, -0.05) is 30.0 Å². The molecule has 1 saturated heterocycles. The zero-order valence-electron chi connectivity index (χ0n) is 21.3. The van der Waals surface area contributed by atoms with Gasteiger partial charge in [0.15, 0.2) is 6.54 Å². The fraction of sp³-hybridized carbons (Fsp3) is 0.360. The number of amides is 2. The monoisotopic (exact) mass is 572 g/mol. The van der Waals surface area contributed by atoms with Crippen LogP contribution in [0.25, 0.3) is 10.4 Å². The number of imidazole rings is 1. The van der Waals surface area contributed by atoms with Crippen LogP contribution in [0.2, 0.25) is 0 Å². The average Bonchev–Trinajstić information content (AvgIpc) is 3.49. The molecule has 0 saturated carbocycles. The van der Waals surface area contributed by atoms with Gasteiger partial charge >= 0.3 is 5.97 Å². The third-order valence-electron chi connectivity index (χ3n) is 7.07. The number of carbonyl (C=O) groups is 3. The zero-order valence-corrected chi connectivity index (χ0v) is 22.9. The van der Waals surface area contributed by atoms with E-state index < -0.39 is 34.9 Å². The highest BCUT2D eigenvalue weighted by atomic mass is 32.2. The number of aromatic nitrogens is 2. The van der Waals surface area contributed by atoms with Crippen LogP contribution in [0.1, 0.15) is 24.3 Å². The topological polar surface area (TPSA) is 161 Å². The molecule has 3 aromatic rings. The number of rotatable bonds is 9. The zero-order chi connectivity index (χ0) is 28.2. The highest BCUT2D eigenvalue weighted by molar-refractivity contribution is 7.98. The number of hydrogen-bond acceptors (Lipinski definition) is 9. The van der Waals surface area contributed by atoms with Crippen LogP contribution < -0.4 is 10.3 Å². The summed E-state index contributed by atoms with van der Waals surface area (Å²) in [6.07, 6.45) is 4.62. The minimum atomic E-state index is -0.882. The largest absolute Gasteiger partial charge is 0.456 e. The summed E-state index contributed by atoms with van der Waals surface area (Å²) in [5.74, 6) is -2.40. The van der Waals surface area contributed by atoms with E-state index in [0.29, 0.717) is 11.1 Å². The fourth-order valence-corrected chi connectivity index (χ4v) is 7.54. The second-order valence-electron chi connectivity index (χ2n) is 9.54. The summed E-state index contributed by atoms with van der Waals surface area (Å²) in [4.78, 5) is 51.5. The average molecular weight is 573 g/mol. The van der Waals surface area contributed by atoms with Crippen molar-refractivity contribution in [3.8, 4) is 0 Å². The quantitative estimate of drug-likeness (QED) is 0.0978. The molecule has 0 spiro atoms. The van der Waals surface area contributed by atoms with E-state index in [1.54, 1.807) is 17.8 Å². The van der Waals surface area contributed by atoms with E-state index >= 15 is 0 Å². The number of aliphatic hydroxyl groups is 1. The summed E-state index contributed by atoms with van der Waals surface area (Å²) in [5.41, 5.74) is 6.66. The maximum atomic E-state index is 13.5. The van der Waals surface area contributed by atoms with Gasteiger partial charge in [0.1, 0.15) is 18.5 Å². The maximum Gasteiger partial charge on any atom is 0.355 e. The molecular formula is C25H26N5O7S2+. The number of hydrogen-bond donors (Lipinski definition) is 2. The number of nitro groups is 1. The molecule has 2 aliphatic rings. The number of nitrogens with zero attached hydrogens (tertiary/aromatic N) is 4. The minimum absolute atomic E-state index is 0.0274. The number of ether oxygens (including phenoxy) is 1. The van der Waals surface area contributed by atoms with Crippen LogP contribution in [0.5, 0.6) is 0 Å². The van der Waals surface area contributed by atoms with E-state index in [9.17, 15) is 29.6 Å². The summed E-state index contributed by atoms with van der Waals surface area (Å²) in [6, 6.07) is 5.28. The molecule has 5 rings (SSSR count). The fourth-order valence-electron chi connectivity index (χ4n) is 5.36. The summed E-state index contributed by atoms with van der Waals surface area (Å²) in [7, 11) is 0. The first-order chi connectivity index (χ1) is 18.5. The van der Waals surface area contributed by atoms with Crippen LogP contribution in [-0.4, -0.2) is 55.5 Å². The van der Waals surface area contributed by atoms with Crippen molar-refractivity contribution in [3.63, 3.8) is 0 Å². The number of thiazole rings is 1. The van der Waals surface area contributed by atoms with Crippen molar-refractivity contribution >= 4 is 57.0 Å². The van der Waals surface area contributed by atoms with Gasteiger partial charge in [0.2, 0.25) is 15.8 Å². The lowest BCUT2D eigenvalue weighted by atomic mass is 9.77. The van der Waals surface area contributed by atoms with Crippen molar-refractivity contribution < 1.29 is 33.7 Å². The molecule has 0 unspecified atom stereocenters. The van der Waals surface area contributed by atoms with E-state index in [1.165, 1.54) is 52.3 Å². The summed E-state index contributed by atoms with van der Waals surface area (Å²) < 4.78 is 9.21. The lowest BCUT2D eigenvalue weighted by molar-refractivity contribution is -0.717. The number of esters is 1. The van der Waals surface area contributed by atoms with Crippen molar-refractivity contribution in [2.75, 3.05) is 6.26 Å². The first kappa shape index (κ1) is 26.8. The molecule has 2 aromatic heterocycles. The normalized spacial score (nSPS) is 21.2. The smallest absolute Gasteiger partial charge is 0.355 e. The Bertz CT molecular complexity index is 1540. The number of fused-ring (bicyclic) bond motifs is 2. The van der Waals surface area contributed by atoms with Crippen molar-refractivity contribution in [3.05, 3.63) is 63.0 Å². The molecular weight excluding hydrogens is 546 g/mol. The lowest BCUT2D eigenvalue weighted by Gasteiger charge is -2.46. The molecule has 3 N–H and O–H groups in total. The molecule has 2 aliphatic heterocycles.